The van der Waals surface area contributed by atoms with E-state index in [2.05, 4.69) is 5.32 Å². The van der Waals surface area contributed by atoms with Crippen LogP contribution in [0, 0.1) is 5.92 Å². The average molecular weight is 223 g/mol. The van der Waals surface area contributed by atoms with Gasteiger partial charge in [-0.25, -0.2) is 0 Å². The first-order valence-corrected chi connectivity index (χ1v) is 6.46. The predicted octanol–water partition coefficient (Wildman–Crippen LogP) is 2.48. The lowest BCUT2D eigenvalue weighted by atomic mass is 10.0. The second-order valence-electron chi connectivity index (χ2n) is 4.00. The van der Waals surface area contributed by atoms with Gasteiger partial charge in [0.2, 0.25) is 0 Å². The maximum absolute atomic E-state index is 9.16. The summed E-state index contributed by atoms with van der Waals surface area (Å²) in [5, 5.41) is 12.5. The molecule has 3 heteroatoms. The Bertz CT molecular complexity index is 293. The summed E-state index contributed by atoms with van der Waals surface area (Å²) in [7, 11) is 0. The Balaban J connectivity index is 1.79. The Morgan fingerprint density at radius 3 is 2.53 bits per heavy atom. The van der Waals surface area contributed by atoms with Gasteiger partial charge in [0.25, 0.3) is 0 Å². The molecule has 0 aliphatic carbocycles. The lowest BCUT2D eigenvalue weighted by molar-refractivity contribution is 0.408. The van der Waals surface area contributed by atoms with Crippen molar-refractivity contribution in [2.75, 3.05) is 18.8 Å². The number of hydrogen-bond acceptors (Lipinski definition) is 3. The third-order valence-electron chi connectivity index (χ3n) is 2.78. The predicted molar refractivity (Wildman–Crippen MR) is 64.4 cm³/mol. The maximum Gasteiger partial charge on any atom is 0.115 e. The molecule has 0 atom stereocenters. The molecule has 1 fully saturated rings. The van der Waals surface area contributed by atoms with E-state index in [-0.39, 0.29) is 0 Å². The van der Waals surface area contributed by atoms with Crippen molar-refractivity contribution in [1.29, 1.82) is 0 Å². The van der Waals surface area contributed by atoms with Gasteiger partial charge in [-0.15, -0.1) is 11.8 Å². The standard InChI is InChI=1S/C12H17NOS/c14-11-1-3-12(4-2-11)15-9-10-5-7-13-8-6-10/h1-4,10,13-14H,5-9H2. The van der Waals surface area contributed by atoms with Gasteiger partial charge in [-0.3, -0.25) is 0 Å². The Kier molecular flexibility index (Phi) is 3.92. The third-order valence-corrected chi connectivity index (χ3v) is 4.02. The number of aromatic hydroxyl groups is 1. The Labute approximate surface area is 95.1 Å². The van der Waals surface area contributed by atoms with Crippen LogP contribution in [0.3, 0.4) is 0 Å². The number of thioether (sulfide) groups is 1. The van der Waals surface area contributed by atoms with E-state index in [4.69, 9.17) is 5.11 Å². The van der Waals surface area contributed by atoms with Crippen LogP contribution in [0.1, 0.15) is 12.8 Å². The van der Waals surface area contributed by atoms with Crippen LogP contribution in [0.5, 0.6) is 5.75 Å². The van der Waals surface area contributed by atoms with E-state index in [9.17, 15) is 0 Å². The van der Waals surface area contributed by atoms with Gasteiger partial charge in [0.15, 0.2) is 0 Å². The van der Waals surface area contributed by atoms with E-state index in [1.807, 2.05) is 23.9 Å². The topological polar surface area (TPSA) is 32.3 Å². The molecule has 1 aromatic carbocycles. The second-order valence-corrected chi connectivity index (χ2v) is 5.09. The summed E-state index contributed by atoms with van der Waals surface area (Å²) in [6, 6.07) is 7.48. The lowest BCUT2D eigenvalue weighted by Crippen LogP contribution is -2.28. The molecule has 0 amide bonds. The minimum absolute atomic E-state index is 0.348. The zero-order valence-electron chi connectivity index (χ0n) is 8.78. The zero-order valence-corrected chi connectivity index (χ0v) is 9.59. The van der Waals surface area contributed by atoms with Crippen molar-refractivity contribution in [3.05, 3.63) is 24.3 Å². The Morgan fingerprint density at radius 2 is 1.87 bits per heavy atom. The van der Waals surface area contributed by atoms with Crippen molar-refractivity contribution in [2.24, 2.45) is 5.92 Å². The summed E-state index contributed by atoms with van der Waals surface area (Å²) in [6.07, 6.45) is 2.59. The lowest BCUT2D eigenvalue weighted by Gasteiger charge is -2.21. The molecule has 0 spiro atoms. The number of nitrogens with one attached hydrogen (secondary N) is 1. The summed E-state index contributed by atoms with van der Waals surface area (Å²) in [5.41, 5.74) is 0. The van der Waals surface area contributed by atoms with Gasteiger partial charge in [-0.1, -0.05) is 0 Å². The summed E-state index contributed by atoms with van der Waals surface area (Å²) in [4.78, 5) is 1.26. The highest BCUT2D eigenvalue weighted by Crippen LogP contribution is 2.25. The van der Waals surface area contributed by atoms with Gasteiger partial charge in [0, 0.05) is 10.6 Å². The zero-order chi connectivity index (χ0) is 10.5. The van der Waals surface area contributed by atoms with Crippen molar-refractivity contribution < 1.29 is 5.11 Å². The number of phenols is 1. The Morgan fingerprint density at radius 1 is 1.20 bits per heavy atom. The van der Waals surface area contributed by atoms with Gasteiger partial charge in [0.1, 0.15) is 5.75 Å². The van der Waals surface area contributed by atoms with E-state index in [0.29, 0.717) is 5.75 Å². The highest BCUT2D eigenvalue weighted by molar-refractivity contribution is 7.99. The van der Waals surface area contributed by atoms with Crippen LogP contribution in [0.25, 0.3) is 0 Å². The maximum atomic E-state index is 9.16. The second kappa shape index (κ2) is 5.42. The third kappa shape index (κ3) is 3.43. The quantitative estimate of drug-likeness (QED) is 0.772. The monoisotopic (exact) mass is 223 g/mol. The molecule has 82 valence electrons. The largest absolute Gasteiger partial charge is 0.508 e. The first-order valence-electron chi connectivity index (χ1n) is 5.47. The summed E-state index contributed by atoms with van der Waals surface area (Å²) >= 11 is 1.90. The van der Waals surface area contributed by atoms with Gasteiger partial charge in [-0.05, 0) is 56.1 Å². The molecule has 1 heterocycles. The Hall–Kier alpha value is -0.670. The minimum Gasteiger partial charge on any atom is -0.508 e. The van der Waals surface area contributed by atoms with E-state index >= 15 is 0 Å². The summed E-state index contributed by atoms with van der Waals surface area (Å²) < 4.78 is 0. The molecular formula is C12H17NOS. The molecule has 0 bridgehead atoms. The van der Waals surface area contributed by atoms with Crippen molar-refractivity contribution in [1.82, 2.24) is 5.32 Å². The molecule has 0 aromatic heterocycles. The van der Waals surface area contributed by atoms with Crippen LogP contribution in [0.15, 0.2) is 29.2 Å². The molecule has 0 saturated carbocycles. The molecule has 1 aliphatic rings. The molecule has 1 aliphatic heterocycles. The molecular weight excluding hydrogens is 206 g/mol. The fourth-order valence-electron chi connectivity index (χ4n) is 1.80. The fourth-order valence-corrected chi connectivity index (χ4v) is 2.89. The molecule has 0 radical (unpaired) electrons. The van der Waals surface area contributed by atoms with E-state index in [0.717, 1.165) is 5.92 Å². The minimum atomic E-state index is 0.348. The smallest absolute Gasteiger partial charge is 0.115 e. The first kappa shape index (κ1) is 10.8. The van der Waals surface area contributed by atoms with E-state index in [1.165, 1.54) is 36.6 Å². The van der Waals surface area contributed by atoms with Crippen LogP contribution in [0.2, 0.25) is 0 Å². The van der Waals surface area contributed by atoms with Crippen molar-refractivity contribution >= 4 is 11.8 Å². The van der Waals surface area contributed by atoms with Crippen LogP contribution in [-0.2, 0) is 0 Å². The molecule has 1 aromatic rings. The molecule has 15 heavy (non-hydrogen) atoms. The first-order chi connectivity index (χ1) is 7.34. The van der Waals surface area contributed by atoms with Crippen LogP contribution < -0.4 is 5.32 Å². The van der Waals surface area contributed by atoms with Gasteiger partial charge in [-0.2, -0.15) is 0 Å². The average Bonchev–Trinajstić information content (AvgIpc) is 2.30. The number of benzene rings is 1. The van der Waals surface area contributed by atoms with Gasteiger partial charge >= 0.3 is 0 Å². The van der Waals surface area contributed by atoms with Crippen molar-refractivity contribution in [3.8, 4) is 5.75 Å². The normalized spacial score (nSPS) is 17.9. The highest BCUT2D eigenvalue weighted by atomic mass is 32.2. The molecule has 2 nitrogen and oxygen atoms in total. The number of hydrogen-bond donors (Lipinski definition) is 2. The van der Waals surface area contributed by atoms with Crippen LogP contribution >= 0.6 is 11.8 Å². The van der Waals surface area contributed by atoms with Gasteiger partial charge < -0.3 is 10.4 Å². The number of rotatable bonds is 3. The summed E-state index contributed by atoms with van der Waals surface area (Å²) in [6.45, 7) is 2.33. The van der Waals surface area contributed by atoms with Crippen LogP contribution in [0.4, 0.5) is 0 Å². The molecule has 0 unspecified atom stereocenters. The molecule has 1 saturated heterocycles. The SMILES string of the molecule is Oc1ccc(SCC2CCNCC2)cc1. The molecule has 2 N–H and O–H groups in total. The van der Waals surface area contributed by atoms with Crippen LogP contribution in [-0.4, -0.2) is 23.9 Å². The highest BCUT2D eigenvalue weighted by Gasteiger charge is 2.12. The number of phenolic OH excluding ortho intramolecular Hbond substituents is 1. The molecule has 2 rings (SSSR count). The summed E-state index contributed by atoms with van der Waals surface area (Å²) in [5.74, 6) is 2.40. The number of piperidine rings is 1. The van der Waals surface area contributed by atoms with Gasteiger partial charge in [0.05, 0.1) is 0 Å². The van der Waals surface area contributed by atoms with Crippen molar-refractivity contribution in [3.63, 3.8) is 0 Å². The van der Waals surface area contributed by atoms with Crippen molar-refractivity contribution in [2.45, 2.75) is 17.7 Å². The van der Waals surface area contributed by atoms with E-state index < -0.39 is 0 Å². The van der Waals surface area contributed by atoms with E-state index in [1.54, 1.807) is 12.1 Å². The fraction of sp³-hybridized carbons (Fsp3) is 0.500.